The van der Waals surface area contributed by atoms with E-state index >= 15 is 0 Å². The summed E-state index contributed by atoms with van der Waals surface area (Å²) < 4.78 is 25.7. The third-order valence-corrected chi connectivity index (χ3v) is 5.75. The molecule has 2 unspecified atom stereocenters. The van der Waals surface area contributed by atoms with Gasteiger partial charge >= 0.3 is 0 Å². The van der Waals surface area contributed by atoms with Gasteiger partial charge in [-0.3, -0.25) is 0 Å². The Morgan fingerprint density at radius 1 is 1.31 bits per heavy atom. The highest BCUT2D eigenvalue weighted by Crippen LogP contribution is 2.30. The molecule has 5 heteroatoms. The third-order valence-electron chi connectivity index (χ3n) is 3.85. The Kier molecular flexibility index (Phi) is 3.87. The van der Waals surface area contributed by atoms with E-state index in [9.17, 15) is 8.42 Å². The zero-order valence-electron chi connectivity index (χ0n) is 9.98. The van der Waals surface area contributed by atoms with Crippen molar-refractivity contribution in [1.29, 1.82) is 0 Å². The average Bonchev–Trinajstić information content (AvgIpc) is 2.80. The van der Waals surface area contributed by atoms with Gasteiger partial charge in [0.15, 0.2) is 0 Å². The van der Waals surface area contributed by atoms with E-state index in [0.717, 1.165) is 32.5 Å². The molecule has 0 radical (unpaired) electrons. The van der Waals surface area contributed by atoms with E-state index in [4.69, 9.17) is 0 Å². The lowest BCUT2D eigenvalue weighted by Crippen LogP contribution is -2.45. The molecular formula is C11H22N2O2S. The first-order chi connectivity index (χ1) is 7.65. The van der Waals surface area contributed by atoms with Crippen LogP contribution in [0.5, 0.6) is 0 Å². The molecule has 1 N–H and O–H groups in total. The van der Waals surface area contributed by atoms with Gasteiger partial charge in [0, 0.05) is 12.6 Å². The van der Waals surface area contributed by atoms with E-state index in [0.29, 0.717) is 5.92 Å². The van der Waals surface area contributed by atoms with Crippen LogP contribution in [0.3, 0.4) is 0 Å². The summed E-state index contributed by atoms with van der Waals surface area (Å²) in [4.78, 5) is 0. The van der Waals surface area contributed by atoms with Gasteiger partial charge in [-0.2, -0.15) is 4.31 Å². The Balaban J connectivity index is 2.08. The van der Waals surface area contributed by atoms with Crippen LogP contribution in [0.25, 0.3) is 0 Å². The summed E-state index contributed by atoms with van der Waals surface area (Å²) in [7, 11) is -2.99. The minimum Gasteiger partial charge on any atom is -0.316 e. The summed E-state index contributed by atoms with van der Waals surface area (Å²) in [6.07, 6.45) is 4.43. The Morgan fingerprint density at radius 3 is 2.75 bits per heavy atom. The summed E-state index contributed by atoms with van der Waals surface area (Å²) in [5, 5.41) is 3.38. The predicted molar refractivity (Wildman–Crippen MR) is 64.8 cm³/mol. The second kappa shape index (κ2) is 5.02. The lowest BCUT2D eigenvalue weighted by Gasteiger charge is -2.33. The van der Waals surface area contributed by atoms with Crippen molar-refractivity contribution < 1.29 is 8.42 Å². The second-order valence-corrected chi connectivity index (χ2v) is 7.04. The zero-order chi connectivity index (χ0) is 11.6. The quantitative estimate of drug-likeness (QED) is 0.801. The number of piperidine rings is 1. The molecule has 2 saturated heterocycles. The molecule has 2 heterocycles. The average molecular weight is 246 g/mol. The number of rotatable bonds is 3. The minimum absolute atomic E-state index is 0.240. The van der Waals surface area contributed by atoms with Crippen molar-refractivity contribution in [2.45, 2.75) is 38.6 Å². The number of hydrogen-bond acceptors (Lipinski definition) is 3. The first kappa shape index (κ1) is 12.3. The topological polar surface area (TPSA) is 49.4 Å². The molecule has 2 aliphatic rings. The van der Waals surface area contributed by atoms with Crippen molar-refractivity contribution in [3.8, 4) is 0 Å². The summed E-state index contributed by atoms with van der Waals surface area (Å²) in [6.45, 7) is 4.55. The molecule has 0 saturated carbocycles. The normalized spacial score (nSPS) is 33.1. The van der Waals surface area contributed by atoms with Gasteiger partial charge in [0.1, 0.15) is 0 Å². The van der Waals surface area contributed by atoms with Crippen LogP contribution in [0.2, 0.25) is 0 Å². The molecule has 4 nitrogen and oxygen atoms in total. The molecular weight excluding hydrogens is 224 g/mol. The molecule has 0 aliphatic carbocycles. The summed E-state index contributed by atoms with van der Waals surface area (Å²) in [5.41, 5.74) is 0. The van der Waals surface area contributed by atoms with E-state index in [-0.39, 0.29) is 11.8 Å². The highest BCUT2D eigenvalue weighted by atomic mass is 32.2. The van der Waals surface area contributed by atoms with Crippen LogP contribution in [0.4, 0.5) is 0 Å². The van der Waals surface area contributed by atoms with Gasteiger partial charge in [-0.05, 0) is 51.6 Å². The fourth-order valence-electron chi connectivity index (χ4n) is 2.96. The third kappa shape index (κ3) is 2.41. The molecule has 94 valence electrons. The van der Waals surface area contributed by atoms with E-state index < -0.39 is 10.0 Å². The van der Waals surface area contributed by atoms with Crippen molar-refractivity contribution in [2.24, 2.45) is 5.92 Å². The van der Waals surface area contributed by atoms with E-state index in [1.807, 2.05) is 0 Å². The summed E-state index contributed by atoms with van der Waals surface area (Å²) >= 11 is 0. The highest BCUT2D eigenvalue weighted by Gasteiger charge is 2.38. The van der Waals surface area contributed by atoms with Crippen LogP contribution in [-0.4, -0.2) is 44.2 Å². The fourth-order valence-corrected chi connectivity index (χ4v) is 4.38. The Bertz CT molecular complexity index is 323. The number of nitrogens with zero attached hydrogens (tertiary/aromatic N) is 1. The van der Waals surface area contributed by atoms with Crippen LogP contribution in [0.15, 0.2) is 0 Å². The van der Waals surface area contributed by atoms with E-state index in [1.54, 1.807) is 11.2 Å². The van der Waals surface area contributed by atoms with Gasteiger partial charge in [-0.15, -0.1) is 0 Å². The Hall–Kier alpha value is -0.130. The Morgan fingerprint density at radius 2 is 2.12 bits per heavy atom. The SMILES string of the molecule is CCS(=O)(=O)N1CCCC1C1CCCNC1. The molecule has 0 aromatic rings. The molecule has 2 fully saturated rings. The standard InChI is InChI=1S/C11H22N2O2S/c1-2-16(14,15)13-8-4-6-11(13)10-5-3-7-12-9-10/h10-12H,2-9H2,1H3. The molecule has 0 spiro atoms. The second-order valence-electron chi connectivity index (χ2n) is 4.83. The molecule has 2 aliphatic heterocycles. The number of hydrogen-bond donors (Lipinski definition) is 1. The highest BCUT2D eigenvalue weighted by molar-refractivity contribution is 7.89. The van der Waals surface area contributed by atoms with Crippen molar-refractivity contribution in [2.75, 3.05) is 25.4 Å². The lowest BCUT2D eigenvalue weighted by molar-refractivity contribution is 0.239. The van der Waals surface area contributed by atoms with Crippen molar-refractivity contribution in [3.05, 3.63) is 0 Å². The van der Waals surface area contributed by atoms with Gasteiger partial charge in [0.2, 0.25) is 10.0 Å². The van der Waals surface area contributed by atoms with E-state index in [2.05, 4.69) is 5.32 Å². The summed E-state index contributed by atoms with van der Waals surface area (Å²) in [5.74, 6) is 0.765. The largest absolute Gasteiger partial charge is 0.316 e. The van der Waals surface area contributed by atoms with Gasteiger partial charge in [0.05, 0.1) is 5.75 Å². The van der Waals surface area contributed by atoms with Gasteiger partial charge in [-0.25, -0.2) is 8.42 Å². The van der Waals surface area contributed by atoms with Gasteiger partial charge in [0.25, 0.3) is 0 Å². The molecule has 0 aromatic heterocycles. The van der Waals surface area contributed by atoms with Crippen LogP contribution in [-0.2, 0) is 10.0 Å². The molecule has 0 amide bonds. The van der Waals surface area contributed by atoms with Crippen molar-refractivity contribution >= 4 is 10.0 Å². The van der Waals surface area contributed by atoms with Crippen LogP contribution in [0.1, 0.15) is 32.6 Å². The molecule has 16 heavy (non-hydrogen) atoms. The van der Waals surface area contributed by atoms with Gasteiger partial charge < -0.3 is 5.32 Å². The maximum atomic E-state index is 12.0. The minimum atomic E-state index is -2.99. The first-order valence-corrected chi connectivity index (χ1v) is 7.96. The maximum absolute atomic E-state index is 12.0. The first-order valence-electron chi connectivity index (χ1n) is 6.35. The van der Waals surface area contributed by atoms with Crippen LogP contribution in [0, 0.1) is 5.92 Å². The molecule has 2 atom stereocenters. The number of sulfonamides is 1. The van der Waals surface area contributed by atoms with Crippen molar-refractivity contribution in [1.82, 2.24) is 9.62 Å². The van der Waals surface area contributed by atoms with Crippen LogP contribution < -0.4 is 5.32 Å². The summed E-state index contributed by atoms with van der Waals surface area (Å²) in [6, 6.07) is 0.262. The van der Waals surface area contributed by atoms with Crippen molar-refractivity contribution in [3.63, 3.8) is 0 Å². The fraction of sp³-hybridized carbons (Fsp3) is 1.00. The number of nitrogens with one attached hydrogen (secondary N) is 1. The molecule has 2 rings (SSSR count). The maximum Gasteiger partial charge on any atom is 0.214 e. The van der Waals surface area contributed by atoms with Crippen LogP contribution >= 0.6 is 0 Å². The Labute approximate surface area is 98.4 Å². The predicted octanol–water partition coefficient (Wildman–Crippen LogP) is 0.800. The smallest absolute Gasteiger partial charge is 0.214 e. The lowest BCUT2D eigenvalue weighted by atomic mass is 9.91. The zero-order valence-corrected chi connectivity index (χ0v) is 10.8. The molecule has 0 aromatic carbocycles. The van der Waals surface area contributed by atoms with Gasteiger partial charge in [-0.1, -0.05) is 0 Å². The monoisotopic (exact) mass is 246 g/mol. The molecule has 0 bridgehead atoms. The van der Waals surface area contributed by atoms with E-state index in [1.165, 1.54) is 12.8 Å².